The molecule has 1 aliphatic heterocycles. The third-order valence-corrected chi connectivity index (χ3v) is 6.39. The monoisotopic (exact) mass is 396 g/mol. The van der Waals surface area contributed by atoms with E-state index >= 15 is 0 Å². The standard InChI is InChI=1S/C17H17FN2O4S2/c1-24-20-26(22,23)12-7-5-11(6-8-12)17(21)19-15-9-10-25-16-13(15)3-2-4-14(16)18/h2-8,15,20H,9-10H2,1H3,(H,19,21). The Kier molecular flexibility index (Phi) is 5.61. The van der Waals surface area contributed by atoms with Crippen molar-refractivity contribution in [2.75, 3.05) is 12.9 Å². The predicted octanol–water partition coefficient (Wildman–Crippen LogP) is 2.63. The number of hydrogen-bond donors (Lipinski definition) is 2. The van der Waals surface area contributed by atoms with Gasteiger partial charge in [0.1, 0.15) is 5.82 Å². The summed E-state index contributed by atoms with van der Waals surface area (Å²) in [5.41, 5.74) is 1.08. The Bertz CT molecular complexity index is 917. The highest BCUT2D eigenvalue weighted by atomic mass is 32.2. The van der Waals surface area contributed by atoms with Crippen molar-refractivity contribution in [3.63, 3.8) is 0 Å². The molecule has 1 atom stereocenters. The van der Waals surface area contributed by atoms with Crippen molar-refractivity contribution < 1.29 is 22.4 Å². The fourth-order valence-electron chi connectivity index (χ4n) is 2.72. The van der Waals surface area contributed by atoms with E-state index in [4.69, 9.17) is 0 Å². The molecule has 0 radical (unpaired) electrons. The van der Waals surface area contributed by atoms with Gasteiger partial charge in [-0.25, -0.2) is 12.8 Å². The molecule has 0 aliphatic carbocycles. The number of carbonyl (C=O) groups is 1. The van der Waals surface area contributed by atoms with Crippen LogP contribution in [-0.4, -0.2) is 27.2 Å². The molecule has 0 saturated heterocycles. The smallest absolute Gasteiger partial charge is 0.262 e. The molecular formula is C17H17FN2O4S2. The summed E-state index contributed by atoms with van der Waals surface area (Å²) in [6, 6.07) is 10.0. The molecule has 1 aliphatic rings. The van der Waals surface area contributed by atoms with E-state index in [1.165, 1.54) is 49.2 Å². The van der Waals surface area contributed by atoms with Crippen molar-refractivity contribution in [1.82, 2.24) is 10.2 Å². The van der Waals surface area contributed by atoms with Gasteiger partial charge in [0.2, 0.25) is 0 Å². The van der Waals surface area contributed by atoms with Crippen molar-refractivity contribution in [3.8, 4) is 0 Å². The van der Waals surface area contributed by atoms with E-state index in [1.54, 1.807) is 6.07 Å². The highest BCUT2D eigenvalue weighted by Crippen LogP contribution is 2.37. The highest BCUT2D eigenvalue weighted by molar-refractivity contribution is 7.99. The van der Waals surface area contributed by atoms with E-state index < -0.39 is 10.0 Å². The van der Waals surface area contributed by atoms with Crippen LogP contribution in [0.25, 0.3) is 0 Å². The molecule has 1 amide bonds. The zero-order valence-corrected chi connectivity index (χ0v) is 15.5. The second-order valence-electron chi connectivity index (χ2n) is 5.64. The third kappa shape index (κ3) is 3.90. The molecule has 2 aromatic rings. The minimum Gasteiger partial charge on any atom is -0.345 e. The number of halogens is 1. The molecule has 138 valence electrons. The Hall–Kier alpha value is -1.94. The Balaban J connectivity index is 1.77. The van der Waals surface area contributed by atoms with Gasteiger partial charge in [0.05, 0.1) is 18.0 Å². The van der Waals surface area contributed by atoms with Crippen molar-refractivity contribution in [2.45, 2.75) is 22.3 Å². The van der Waals surface area contributed by atoms with Crippen LogP contribution >= 0.6 is 11.8 Å². The number of benzene rings is 2. The molecular weight excluding hydrogens is 379 g/mol. The Labute approximate surface area is 155 Å². The number of hydrogen-bond acceptors (Lipinski definition) is 5. The number of amides is 1. The maximum atomic E-state index is 13.9. The van der Waals surface area contributed by atoms with E-state index in [1.807, 2.05) is 11.0 Å². The fraction of sp³-hybridized carbons (Fsp3) is 0.235. The summed E-state index contributed by atoms with van der Waals surface area (Å²) in [6.07, 6.45) is 0.692. The van der Waals surface area contributed by atoms with Gasteiger partial charge in [0.15, 0.2) is 0 Å². The summed E-state index contributed by atoms with van der Waals surface area (Å²) < 4.78 is 37.6. The Morgan fingerprint density at radius 1 is 1.23 bits per heavy atom. The number of fused-ring (bicyclic) bond motifs is 1. The molecule has 0 fully saturated rings. The molecule has 2 N–H and O–H groups in total. The predicted molar refractivity (Wildman–Crippen MR) is 95.7 cm³/mol. The first kappa shape index (κ1) is 18.8. The van der Waals surface area contributed by atoms with Crippen LogP contribution in [0.3, 0.4) is 0 Å². The van der Waals surface area contributed by atoms with Crippen LogP contribution in [0.15, 0.2) is 52.3 Å². The van der Waals surface area contributed by atoms with Crippen LogP contribution in [0.5, 0.6) is 0 Å². The van der Waals surface area contributed by atoms with Crippen molar-refractivity contribution in [2.24, 2.45) is 0 Å². The van der Waals surface area contributed by atoms with E-state index in [0.717, 1.165) is 5.56 Å². The summed E-state index contributed by atoms with van der Waals surface area (Å²) in [5.74, 6) is 0.0751. The second-order valence-corrected chi connectivity index (χ2v) is 8.39. The lowest BCUT2D eigenvalue weighted by atomic mass is 10.0. The van der Waals surface area contributed by atoms with Gasteiger partial charge in [-0.2, -0.15) is 0 Å². The molecule has 0 aromatic heterocycles. The van der Waals surface area contributed by atoms with Gasteiger partial charge in [0.25, 0.3) is 15.9 Å². The second kappa shape index (κ2) is 7.75. The average Bonchev–Trinajstić information content (AvgIpc) is 2.63. The zero-order valence-electron chi connectivity index (χ0n) is 13.9. The molecule has 9 heteroatoms. The largest absolute Gasteiger partial charge is 0.345 e. The molecule has 0 spiro atoms. The average molecular weight is 396 g/mol. The van der Waals surface area contributed by atoms with Crippen molar-refractivity contribution in [1.29, 1.82) is 0 Å². The Morgan fingerprint density at radius 3 is 2.65 bits per heavy atom. The van der Waals surface area contributed by atoms with Gasteiger partial charge in [0, 0.05) is 16.2 Å². The zero-order chi connectivity index (χ0) is 18.7. The molecule has 26 heavy (non-hydrogen) atoms. The van der Waals surface area contributed by atoms with Crippen LogP contribution < -0.4 is 10.2 Å². The number of thioether (sulfide) groups is 1. The van der Waals surface area contributed by atoms with Crippen LogP contribution in [0.1, 0.15) is 28.4 Å². The summed E-state index contributed by atoms with van der Waals surface area (Å²) in [7, 11) is -2.58. The SMILES string of the molecule is CONS(=O)(=O)c1ccc(C(=O)NC2CCSc3c(F)cccc32)cc1. The lowest BCUT2D eigenvalue weighted by molar-refractivity contribution is 0.0934. The maximum Gasteiger partial charge on any atom is 0.262 e. The van der Waals surface area contributed by atoms with Gasteiger partial charge in [-0.15, -0.1) is 11.8 Å². The van der Waals surface area contributed by atoms with Crippen LogP contribution in [0.2, 0.25) is 0 Å². The fourth-order valence-corrected chi connectivity index (χ4v) is 4.67. The summed E-state index contributed by atoms with van der Waals surface area (Å²) in [4.78, 5) is 19.4. The normalized spacial score (nSPS) is 16.8. The molecule has 1 unspecified atom stereocenters. The van der Waals surface area contributed by atoms with Gasteiger partial charge in [-0.3, -0.25) is 9.63 Å². The van der Waals surface area contributed by atoms with Crippen LogP contribution in [0, 0.1) is 5.82 Å². The summed E-state index contributed by atoms with van der Waals surface area (Å²) in [5, 5.41) is 2.89. The molecule has 6 nitrogen and oxygen atoms in total. The highest BCUT2D eigenvalue weighted by Gasteiger charge is 2.25. The summed E-state index contributed by atoms with van der Waals surface area (Å²) in [6.45, 7) is 0. The van der Waals surface area contributed by atoms with Crippen molar-refractivity contribution >= 4 is 27.7 Å². The topological polar surface area (TPSA) is 84.5 Å². The van der Waals surface area contributed by atoms with Crippen LogP contribution in [0.4, 0.5) is 4.39 Å². The van der Waals surface area contributed by atoms with E-state index in [2.05, 4.69) is 10.2 Å². The number of rotatable bonds is 5. The first-order valence-corrected chi connectivity index (χ1v) is 10.3. The Morgan fingerprint density at radius 2 is 1.96 bits per heavy atom. The summed E-state index contributed by atoms with van der Waals surface area (Å²) >= 11 is 1.44. The lowest BCUT2D eigenvalue weighted by Crippen LogP contribution is -2.31. The van der Waals surface area contributed by atoms with Gasteiger partial charge in [-0.1, -0.05) is 17.0 Å². The van der Waals surface area contributed by atoms with Gasteiger partial charge in [-0.05, 0) is 42.3 Å². The first-order chi connectivity index (χ1) is 12.4. The van der Waals surface area contributed by atoms with Crippen LogP contribution in [-0.2, 0) is 14.9 Å². The van der Waals surface area contributed by atoms with E-state index in [-0.39, 0.29) is 22.7 Å². The molecule has 0 bridgehead atoms. The third-order valence-electron chi connectivity index (χ3n) is 3.95. The number of carbonyl (C=O) groups excluding carboxylic acids is 1. The maximum absolute atomic E-state index is 13.9. The van der Waals surface area contributed by atoms with Crippen molar-refractivity contribution in [3.05, 3.63) is 59.4 Å². The molecule has 2 aromatic carbocycles. The molecule has 1 heterocycles. The lowest BCUT2D eigenvalue weighted by Gasteiger charge is -2.26. The minimum absolute atomic E-state index is 0.0163. The molecule has 0 saturated carbocycles. The minimum atomic E-state index is -3.77. The van der Waals surface area contributed by atoms with E-state index in [9.17, 15) is 17.6 Å². The number of sulfonamides is 1. The molecule has 3 rings (SSSR count). The number of nitrogens with one attached hydrogen (secondary N) is 2. The van der Waals surface area contributed by atoms with Gasteiger partial charge >= 0.3 is 0 Å². The van der Waals surface area contributed by atoms with Gasteiger partial charge < -0.3 is 5.32 Å². The first-order valence-electron chi connectivity index (χ1n) is 7.79. The van der Waals surface area contributed by atoms with E-state index in [0.29, 0.717) is 22.6 Å². The quantitative estimate of drug-likeness (QED) is 0.759.